The van der Waals surface area contributed by atoms with E-state index in [0.29, 0.717) is 19.3 Å². The number of hydrogen-bond acceptors (Lipinski definition) is 16. The lowest BCUT2D eigenvalue weighted by molar-refractivity contribution is -0.377. The summed E-state index contributed by atoms with van der Waals surface area (Å²) in [4.78, 5) is 62.5. The highest BCUT2D eigenvalue weighted by Crippen LogP contribution is 2.32. The molecule has 5 N–H and O–H groups in total. The third-order valence-corrected chi connectivity index (χ3v) is 10.9. The summed E-state index contributed by atoms with van der Waals surface area (Å²) in [6.07, 6.45) is -0.485. The lowest BCUT2D eigenvalue weighted by atomic mass is 9.97. The molecule has 17 nitrogen and oxygen atoms in total. The van der Waals surface area contributed by atoms with Gasteiger partial charge in [-0.05, 0) is 19.3 Å². The summed E-state index contributed by atoms with van der Waals surface area (Å²) in [5, 5.41) is 53.2. The normalized spacial score (nSPS) is 26.3. The molecular weight excluding hydrogens is 800 g/mol. The van der Waals surface area contributed by atoms with Gasteiger partial charge in [-0.1, -0.05) is 124 Å². The van der Waals surface area contributed by atoms with Gasteiger partial charge in [0.25, 0.3) is 0 Å². The molecule has 0 bridgehead atoms. The van der Waals surface area contributed by atoms with Crippen molar-refractivity contribution in [3.05, 3.63) is 0 Å². The Hall–Kier alpha value is -2.93. The third kappa shape index (κ3) is 21.8. The first-order valence-corrected chi connectivity index (χ1v) is 22.9. The highest BCUT2D eigenvalue weighted by molar-refractivity contribution is 5.76. The lowest BCUT2D eigenvalue weighted by Gasteiger charge is -2.46. The summed E-state index contributed by atoms with van der Waals surface area (Å²) in [6, 6.07) is 0. The minimum absolute atomic E-state index is 0.0236. The summed E-state index contributed by atoms with van der Waals surface area (Å²) in [6.45, 7) is 5.14. The maximum absolute atomic E-state index is 13.3. The predicted octanol–water partition coefficient (Wildman–Crippen LogP) is 5.31. The standard InChI is InChI=1S/C44H76O17/c1-4-7-10-13-15-18-20-23-33(47)55-28-30-37(51)39(53)40(54)43(57-30)61-44-42(60-36(50)25-21-17-12-9-6-3)41(59-35(49)24-22-19-16-14-11-8-5-2)38(52)31(58-44)29-56-34(48)27-26-32(45)46/h30-31,37-44,51-54H,4-29H2,1-3H3,(H,45,46)/t30-,31-,37-,38-,39+,40-,41+,42-,43-,44-/m1/s1. The second-order valence-corrected chi connectivity index (χ2v) is 16.3. The second kappa shape index (κ2) is 31.8. The van der Waals surface area contributed by atoms with E-state index in [2.05, 4.69) is 20.8 Å². The average molecular weight is 877 g/mol. The smallest absolute Gasteiger partial charge is 0.306 e. The second-order valence-electron chi connectivity index (χ2n) is 16.3. The molecule has 0 aromatic heterocycles. The van der Waals surface area contributed by atoms with Crippen LogP contribution in [0.5, 0.6) is 0 Å². The zero-order chi connectivity index (χ0) is 45.0. The molecule has 0 aromatic rings. The van der Waals surface area contributed by atoms with Crippen LogP contribution in [-0.4, -0.2) is 130 Å². The van der Waals surface area contributed by atoms with E-state index < -0.39 is 117 Å². The van der Waals surface area contributed by atoms with E-state index in [1.54, 1.807) is 0 Å². The molecule has 2 saturated heterocycles. The minimum Gasteiger partial charge on any atom is -0.481 e. The van der Waals surface area contributed by atoms with Crippen molar-refractivity contribution in [2.45, 2.75) is 236 Å². The van der Waals surface area contributed by atoms with Gasteiger partial charge in [-0.25, -0.2) is 0 Å². The average Bonchev–Trinajstić information content (AvgIpc) is 3.23. The van der Waals surface area contributed by atoms with Gasteiger partial charge in [0.15, 0.2) is 18.5 Å². The van der Waals surface area contributed by atoms with Crippen molar-refractivity contribution in [2.75, 3.05) is 13.2 Å². The minimum atomic E-state index is -1.93. The predicted molar refractivity (Wildman–Crippen MR) is 220 cm³/mol. The number of hydrogen-bond donors (Lipinski definition) is 5. The number of aliphatic hydroxyl groups is 4. The Kier molecular flexibility index (Phi) is 28.3. The maximum Gasteiger partial charge on any atom is 0.306 e. The van der Waals surface area contributed by atoms with E-state index in [0.717, 1.165) is 103 Å². The van der Waals surface area contributed by atoms with E-state index >= 15 is 0 Å². The van der Waals surface area contributed by atoms with Gasteiger partial charge in [-0.2, -0.15) is 0 Å². The van der Waals surface area contributed by atoms with Crippen LogP contribution in [0.4, 0.5) is 0 Å². The highest BCUT2D eigenvalue weighted by Gasteiger charge is 2.54. The first kappa shape index (κ1) is 54.2. The molecule has 2 heterocycles. The largest absolute Gasteiger partial charge is 0.481 e. The van der Waals surface area contributed by atoms with Gasteiger partial charge in [-0.3, -0.25) is 24.0 Å². The topological polar surface area (TPSA) is 251 Å². The van der Waals surface area contributed by atoms with E-state index in [1.165, 1.54) is 0 Å². The fourth-order valence-corrected chi connectivity index (χ4v) is 7.15. The highest BCUT2D eigenvalue weighted by atomic mass is 16.8. The van der Waals surface area contributed by atoms with Crippen LogP contribution in [0, 0.1) is 0 Å². The number of esters is 4. The summed E-state index contributed by atoms with van der Waals surface area (Å²) in [7, 11) is 0. The molecule has 2 fully saturated rings. The van der Waals surface area contributed by atoms with Crippen molar-refractivity contribution in [2.24, 2.45) is 0 Å². The molecular formula is C44H76O17. The molecule has 0 aliphatic carbocycles. The van der Waals surface area contributed by atoms with Crippen LogP contribution in [0.25, 0.3) is 0 Å². The maximum atomic E-state index is 13.3. The Labute approximate surface area is 361 Å². The molecule has 354 valence electrons. The van der Waals surface area contributed by atoms with Gasteiger partial charge in [0, 0.05) is 19.3 Å². The molecule has 2 aliphatic heterocycles. The third-order valence-electron chi connectivity index (χ3n) is 10.9. The van der Waals surface area contributed by atoms with E-state index in [9.17, 15) is 44.4 Å². The number of carboxylic acid groups (broad SMARTS) is 1. The number of aliphatic hydroxyl groups excluding tert-OH is 4. The van der Waals surface area contributed by atoms with Gasteiger partial charge in [0.05, 0.1) is 12.8 Å². The zero-order valence-electron chi connectivity index (χ0n) is 36.8. The number of carboxylic acids is 1. The van der Waals surface area contributed by atoms with E-state index in [4.69, 9.17) is 38.3 Å². The van der Waals surface area contributed by atoms with Crippen LogP contribution in [-0.2, 0) is 57.1 Å². The van der Waals surface area contributed by atoms with Crippen LogP contribution in [0.1, 0.15) is 175 Å². The van der Waals surface area contributed by atoms with Crippen molar-refractivity contribution in [1.82, 2.24) is 0 Å². The zero-order valence-corrected chi connectivity index (χ0v) is 36.8. The molecule has 10 atom stereocenters. The van der Waals surface area contributed by atoms with Crippen molar-refractivity contribution < 1.29 is 82.7 Å². The first-order chi connectivity index (χ1) is 29.3. The van der Waals surface area contributed by atoms with Crippen molar-refractivity contribution in [1.29, 1.82) is 0 Å². The van der Waals surface area contributed by atoms with Crippen LogP contribution in [0.3, 0.4) is 0 Å². The Morgan fingerprint density at radius 2 is 0.820 bits per heavy atom. The summed E-state index contributed by atoms with van der Waals surface area (Å²) in [5.74, 6) is -4.16. The molecule has 0 spiro atoms. The number of unbranched alkanes of at least 4 members (excludes halogenated alkanes) is 16. The lowest BCUT2D eigenvalue weighted by Crippen LogP contribution is -2.65. The summed E-state index contributed by atoms with van der Waals surface area (Å²) < 4.78 is 39.9. The fourth-order valence-electron chi connectivity index (χ4n) is 7.15. The molecule has 0 saturated carbocycles. The summed E-state index contributed by atoms with van der Waals surface area (Å²) >= 11 is 0. The number of ether oxygens (including phenoxy) is 7. The molecule has 61 heavy (non-hydrogen) atoms. The molecule has 2 aliphatic rings. The molecule has 0 radical (unpaired) electrons. The Bertz CT molecular complexity index is 1250. The van der Waals surface area contributed by atoms with Crippen LogP contribution in [0.2, 0.25) is 0 Å². The summed E-state index contributed by atoms with van der Waals surface area (Å²) in [5.41, 5.74) is 0. The first-order valence-electron chi connectivity index (χ1n) is 22.9. The van der Waals surface area contributed by atoms with Crippen LogP contribution < -0.4 is 0 Å². The van der Waals surface area contributed by atoms with Gasteiger partial charge >= 0.3 is 29.8 Å². The van der Waals surface area contributed by atoms with Crippen LogP contribution in [0.15, 0.2) is 0 Å². The molecule has 17 heteroatoms. The monoisotopic (exact) mass is 877 g/mol. The number of carbonyl (C=O) groups is 5. The van der Waals surface area contributed by atoms with E-state index in [1.807, 2.05) is 0 Å². The molecule has 2 rings (SSSR count). The Morgan fingerprint density at radius 1 is 0.426 bits per heavy atom. The molecule has 0 amide bonds. The van der Waals surface area contributed by atoms with Gasteiger partial charge in [0.2, 0.25) is 6.29 Å². The van der Waals surface area contributed by atoms with Crippen LogP contribution >= 0.6 is 0 Å². The van der Waals surface area contributed by atoms with Crippen molar-refractivity contribution in [3.8, 4) is 0 Å². The molecule has 0 aromatic carbocycles. The Morgan fingerprint density at radius 3 is 1.30 bits per heavy atom. The van der Waals surface area contributed by atoms with Gasteiger partial charge < -0.3 is 58.7 Å². The van der Waals surface area contributed by atoms with Crippen molar-refractivity contribution >= 4 is 29.8 Å². The number of rotatable bonds is 33. The van der Waals surface area contributed by atoms with E-state index in [-0.39, 0.29) is 19.3 Å². The molecule has 0 unspecified atom stereocenters. The number of aliphatic carboxylic acids is 1. The number of carbonyl (C=O) groups excluding carboxylic acids is 4. The SMILES string of the molecule is CCCCCCCCCC(=O)OC[C@H]1O[C@H](O[C@H]2O[C@H](COC(=O)CCC(=O)O)[C@@H](O)[C@H](OC(=O)CCCCCCCCC)[C@H]2OC(=O)CCCCCCC)[C@H](O)[C@@H](O)[C@@H]1O. The van der Waals surface area contributed by atoms with Gasteiger partial charge in [-0.15, -0.1) is 0 Å². The Balaban J connectivity index is 2.30. The van der Waals surface area contributed by atoms with Crippen molar-refractivity contribution in [3.63, 3.8) is 0 Å². The fraction of sp³-hybridized carbons (Fsp3) is 0.886. The quantitative estimate of drug-likeness (QED) is 0.0318. The van der Waals surface area contributed by atoms with Gasteiger partial charge in [0.1, 0.15) is 49.8 Å².